The van der Waals surface area contributed by atoms with Crippen LogP contribution in [0.5, 0.6) is 11.5 Å². The lowest BCUT2D eigenvalue weighted by atomic mass is 10.2. The van der Waals surface area contributed by atoms with Gasteiger partial charge in [0.1, 0.15) is 5.69 Å². The summed E-state index contributed by atoms with van der Waals surface area (Å²) in [5.41, 5.74) is 1.17. The average molecular weight is 342 g/mol. The summed E-state index contributed by atoms with van der Waals surface area (Å²) in [5.74, 6) is 1.80. The predicted octanol–water partition coefficient (Wildman–Crippen LogP) is 2.16. The molecular formula is C16H14N4O3S. The highest BCUT2D eigenvalue weighted by molar-refractivity contribution is 7.09. The van der Waals surface area contributed by atoms with Crippen LogP contribution in [0.4, 0.5) is 5.95 Å². The molecule has 2 aromatic heterocycles. The highest BCUT2D eigenvalue weighted by Gasteiger charge is 2.13. The maximum absolute atomic E-state index is 12.1. The van der Waals surface area contributed by atoms with Gasteiger partial charge in [-0.15, -0.1) is 21.5 Å². The van der Waals surface area contributed by atoms with Crippen LogP contribution in [0, 0.1) is 0 Å². The lowest BCUT2D eigenvalue weighted by Gasteiger charge is -2.06. The molecule has 1 aliphatic heterocycles. The van der Waals surface area contributed by atoms with Crippen LogP contribution < -0.4 is 20.3 Å². The molecule has 7 nitrogen and oxygen atoms in total. The predicted molar refractivity (Wildman–Crippen MR) is 89.7 cm³/mol. The summed E-state index contributed by atoms with van der Waals surface area (Å²) in [4.78, 5) is 15.9. The summed E-state index contributed by atoms with van der Waals surface area (Å²) >= 11 is 1.59. The van der Waals surface area contributed by atoms with Crippen LogP contribution in [0.2, 0.25) is 0 Å². The number of H-pyrrole nitrogens is 1. The Labute approximate surface area is 141 Å². The molecule has 0 aliphatic carbocycles. The Morgan fingerprint density at radius 2 is 2.12 bits per heavy atom. The van der Waals surface area contributed by atoms with E-state index in [0.29, 0.717) is 24.6 Å². The molecule has 4 rings (SSSR count). The molecule has 0 bridgehead atoms. The van der Waals surface area contributed by atoms with Crippen LogP contribution in [0.25, 0.3) is 0 Å². The lowest BCUT2D eigenvalue weighted by molar-refractivity contribution is 0.174. The van der Waals surface area contributed by atoms with Crippen molar-refractivity contribution in [3.63, 3.8) is 0 Å². The van der Waals surface area contributed by atoms with Crippen molar-refractivity contribution in [1.29, 1.82) is 0 Å². The van der Waals surface area contributed by atoms with Crippen LogP contribution in [-0.4, -0.2) is 22.0 Å². The monoisotopic (exact) mass is 342 g/mol. The summed E-state index contributed by atoms with van der Waals surface area (Å²) in [7, 11) is 0. The van der Waals surface area contributed by atoms with Crippen LogP contribution in [0.3, 0.4) is 0 Å². The second-order valence-electron chi connectivity index (χ2n) is 5.25. The van der Waals surface area contributed by atoms with Crippen molar-refractivity contribution < 1.29 is 9.47 Å². The number of fused-ring (bicyclic) bond motifs is 1. The van der Waals surface area contributed by atoms with Gasteiger partial charge in [-0.1, -0.05) is 12.1 Å². The minimum Gasteiger partial charge on any atom is -0.454 e. The quantitative estimate of drug-likeness (QED) is 0.739. The van der Waals surface area contributed by atoms with Crippen LogP contribution >= 0.6 is 11.3 Å². The molecule has 0 unspecified atom stereocenters. The molecule has 1 aromatic carbocycles. The maximum atomic E-state index is 12.1. The Hall–Kier alpha value is -2.87. The number of nitrogens with one attached hydrogen (secondary N) is 2. The molecule has 1 aliphatic rings. The van der Waals surface area contributed by atoms with E-state index in [1.807, 2.05) is 35.7 Å². The third kappa shape index (κ3) is 3.09. The first-order chi connectivity index (χ1) is 11.8. The van der Waals surface area contributed by atoms with E-state index in [1.165, 1.54) is 0 Å². The Balaban J connectivity index is 1.43. The molecule has 0 radical (unpaired) electrons. The normalized spacial score (nSPS) is 12.3. The van der Waals surface area contributed by atoms with Gasteiger partial charge in [0.15, 0.2) is 11.5 Å². The number of hydrogen-bond donors (Lipinski definition) is 2. The zero-order valence-corrected chi connectivity index (χ0v) is 13.4. The summed E-state index contributed by atoms with van der Waals surface area (Å²) in [6.07, 6.45) is 0.489. The number of thiophene rings is 1. The molecule has 0 fully saturated rings. The van der Waals surface area contributed by atoms with Gasteiger partial charge in [0.25, 0.3) is 5.56 Å². The van der Waals surface area contributed by atoms with Crippen molar-refractivity contribution in [2.75, 3.05) is 12.1 Å². The molecular weight excluding hydrogens is 328 g/mol. The van der Waals surface area contributed by atoms with Gasteiger partial charge in [-0.05, 0) is 29.1 Å². The van der Waals surface area contributed by atoms with Gasteiger partial charge in [-0.25, -0.2) is 0 Å². The highest BCUT2D eigenvalue weighted by Crippen LogP contribution is 2.32. The molecule has 0 saturated heterocycles. The molecule has 3 heterocycles. The van der Waals surface area contributed by atoms with Gasteiger partial charge >= 0.3 is 0 Å². The van der Waals surface area contributed by atoms with E-state index in [2.05, 4.69) is 20.5 Å². The number of anilines is 1. The summed E-state index contributed by atoms with van der Waals surface area (Å²) in [6.45, 7) is 0.738. The number of rotatable bonds is 5. The van der Waals surface area contributed by atoms with Gasteiger partial charge in [0, 0.05) is 17.8 Å². The van der Waals surface area contributed by atoms with Gasteiger partial charge in [0.2, 0.25) is 12.7 Å². The van der Waals surface area contributed by atoms with Gasteiger partial charge in [-0.2, -0.15) is 0 Å². The van der Waals surface area contributed by atoms with E-state index >= 15 is 0 Å². The average Bonchev–Trinajstić information content (AvgIpc) is 3.26. The second-order valence-corrected chi connectivity index (χ2v) is 6.28. The fourth-order valence-corrected chi connectivity index (χ4v) is 3.08. The Morgan fingerprint density at radius 1 is 1.21 bits per heavy atom. The van der Waals surface area contributed by atoms with E-state index in [0.717, 1.165) is 21.9 Å². The zero-order chi connectivity index (χ0) is 16.4. The van der Waals surface area contributed by atoms with Gasteiger partial charge < -0.3 is 14.8 Å². The highest BCUT2D eigenvalue weighted by atomic mass is 32.1. The molecule has 0 spiro atoms. The fraction of sp³-hybridized carbons (Fsp3) is 0.188. The number of benzene rings is 1. The number of aromatic nitrogens is 3. The van der Waals surface area contributed by atoms with Crippen molar-refractivity contribution in [2.45, 2.75) is 13.0 Å². The molecule has 3 aromatic rings. The molecule has 0 saturated carbocycles. The molecule has 8 heteroatoms. The summed E-state index contributed by atoms with van der Waals surface area (Å²) in [6, 6.07) is 9.60. The first-order valence-electron chi connectivity index (χ1n) is 7.38. The van der Waals surface area contributed by atoms with Crippen LogP contribution in [0.15, 0.2) is 40.5 Å². The molecule has 2 N–H and O–H groups in total. The van der Waals surface area contributed by atoms with Gasteiger partial charge in [0.05, 0.1) is 0 Å². The number of nitrogens with zero attached hydrogens (tertiary/aromatic N) is 2. The number of ether oxygens (including phenoxy) is 2. The van der Waals surface area contributed by atoms with Crippen molar-refractivity contribution in [1.82, 2.24) is 15.2 Å². The summed E-state index contributed by atoms with van der Waals surface area (Å²) in [5, 5.41) is 13.1. The molecule has 0 amide bonds. The third-order valence-electron chi connectivity index (χ3n) is 3.58. The van der Waals surface area contributed by atoms with Crippen molar-refractivity contribution in [3.8, 4) is 11.5 Å². The van der Waals surface area contributed by atoms with Crippen LogP contribution in [0.1, 0.15) is 16.1 Å². The molecule has 0 atom stereocenters. The smallest absolute Gasteiger partial charge is 0.274 e. The third-order valence-corrected chi connectivity index (χ3v) is 4.46. The lowest BCUT2D eigenvalue weighted by Crippen LogP contribution is -2.19. The van der Waals surface area contributed by atoms with E-state index in [-0.39, 0.29) is 12.4 Å². The number of hydrogen-bond acceptors (Lipinski definition) is 7. The van der Waals surface area contributed by atoms with Crippen molar-refractivity contribution in [3.05, 3.63) is 62.2 Å². The Kier molecular flexibility index (Phi) is 3.87. The zero-order valence-electron chi connectivity index (χ0n) is 12.6. The standard InChI is InChI=1S/C16H14N4O3S/c21-15-12(7-11-2-1-5-24-11)19-20-16(18-15)17-8-10-3-4-13-14(6-10)23-9-22-13/h1-6H,7-9H2,(H2,17,18,20,21). The van der Waals surface area contributed by atoms with Gasteiger partial charge in [-0.3, -0.25) is 9.78 Å². The van der Waals surface area contributed by atoms with Crippen LogP contribution in [-0.2, 0) is 13.0 Å². The topological polar surface area (TPSA) is 89.1 Å². The van der Waals surface area contributed by atoms with E-state index in [1.54, 1.807) is 11.3 Å². The molecule has 122 valence electrons. The van der Waals surface area contributed by atoms with E-state index in [4.69, 9.17) is 9.47 Å². The first-order valence-corrected chi connectivity index (χ1v) is 8.26. The fourth-order valence-electron chi connectivity index (χ4n) is 2.37. The summed E-state index contributed by atoms with van der Waals surface area (Å²) < 4.78 is 10.6. The first kappa shape index (κ1) is 14.7. The van der Waals surface area contributed by atoms with E-state index in [9.17, 15) is 4.79 Å². The SMILES string of the molecule is O=c1[nH]c(NCc2ccc3c(c2)OCO3)nnc1Cc1cccs1. The Morgan fingerprint density at radius 3 is 2.96 bits per heavy atom. The van der Waals surface area contributed by atoms with Crippen molar-refractivity contribution >= 4 is 17.3 Å². The maximum Gasteiger partial charge on any atom is 0.274 e. The van der Waals surface area contributed by atoms with E-state index < -0.39 is 0 Å². The number of aromatic amines is 1. The Bertz CT molecular complexity index is 908. The second kappa shape index (κ2) is 6.32. The largest absolute Gasteiger partial charge is 0.454 e. The minimum atomic E-state index is -0.230. The minimum absolute atomic E-state index is 0.230. The van der Waals surface area contributed by atoms with Crippen molar-refractivity contribution in [2.24, 2.45) is 0 Å². The molecule has 24 heavy (non-hydrogen) atoms.